The average molecular weight is 307 g/mol. The van der Waals surface area contributed by atoms with Crippen LogP contribution in [0.3, 0.4) is 0 Å². The van der Waals surface area contributed by atoms with E-state index in [1.54, 1.807) is 0 Å². The van der Waals surface area contributed by atoms with Crippen LogP contribution in [0.5, 0.6) is 0 Å². The van der Waals surface area contributed by atoms with E-state index in [9.17, 15) is 4.79 Å². The van der Waals surface area contributed by atoms with Crippen LogP contribution < -0.4 is 11.1 Å². The number of carbonyl (C=O) groups excluding carboxylic acids is 1. The van der Waals surface area contributed by atoms with Gasteiger partial charge in [0.05, 0.1) is 10.2 Å². The number of rotatable bonds is 3. The van der Waals surface area contributed by atoms with E-state index in [4.69, 9.17) is 5.73 Å². The first-order valence-electron chi connectivity index (χ1n) is 6.65. The van der Waals surface area contributed by atoms with Crippen molar-refractivity contribution in [3.05, 3.63) is 23.8 Å². The number of hydrogen-bond donors (Lipinski definition) is 2. The number of thiazole rings is 1. The van der Waals surface area contributed by atoms with Crippen molar-refractivity contribution in [2.45, 2.75) is 30.6 Å². The highest BCUT2D eigenvalue weighted by atomic mass is 32.2. The summed E-state index contributed by atoms with van der Waals surface area (Å²) in [6.45, 7) is 0. The van der Waals surface area contributed by atoms with E-state index < -0.39 is 0 Å². The maximum absolute atomic E-state index is 12.3. The zero-order valence-electron chi connectivity index (χ0n) is 11.3. The van der Waals surface area contributed by atoms with Gasteiger partial charge in [-0.2, -0.15) is 11.8 Å². The molecule has 1 heterocycles. The fourth-order valence-corrected chi connectivity index (χ4v) is 4.21. The number of fused-ring (bicyclic) bond motifs is 1. The van der Waals surface area contributed by atoms with Crippen LogP contribution in [0, 0.1) is 0 Å². The molecule has 0 radical (unpaired) electrons. The monoisotopic (exact) mass is 307 g/mol. The van der Waals surface area contributed by atoms with Crippen molar-refractivity contribution in [2.75, 3.05) is 12.0 Å². The maximum Gasteiger partial charge on any atom is 0.251 e. The molecule has 0 saturated heterocycles. The molecular formula is C14H17N3OS2. The highest BCUT2D eigenvalue weighted by Gasteiger charge is 2.25. The summed E-state index contributed by atoms with van der Waals surface area (Å²) in [6.07, 6.45) is 5.48. The largest absolute Gasteiger partial charge is 0.375 e. The lowest BCUT2D eigenvalue weighted by Gasteiger charge is -2.12. The van der Waals surface area contributed by atoms with Crippen LogP contribution in [0.1, 0.15) is 29.6 Å². The Hall–Kier alpha value is -1.27. The predicted octanol–water partition coefficient (Wildman–Crippen LogP) is 2.89. The molecule has 1 aromatic carbocycles. The number of aromatic nitrogens is 1. The van der Waals surface area contributed by atoms with Gasteiger partial charge in [-0.1, -0.05) is 11.3 Å². The first-order valence-corrected chi connectivity index (χ1v) is 8.76. The minimum absolute atomic E-state index is 0.00521. The van der Waals surface area contributed by atoms with E-state index in [1.807, 2.05) is 30.0 Å². The summed E-state index contributed by atoms with van der Waals surface area (Å²) in [4.78, 5) is 16.5. The van der Waals surface area contributed by atoms with E-state index >= 15 is 0 Å². The maximum atomic E-state index is 12.3. The molecule has 6 heteroatoms. The third kappa shape index (κ3) is 2.76. The van der Waals surface area contributed by atoms with E-state index in [2.05, 4.69) is 16.6 Å². The van der Waals surface area contributed by atoms with E-state index in [-0.39, 0.29) is 5.91 Å². The van der Waals surface area contributed by atoms with E-state index in [1.165, 1.54) is 17.8 Å². The lowest BCUT2D eigenvalue weighted by molar-refractivity contribution is 0.0938. The smallest absolute Gasteiger partial charge is 0.251 e. The second-order valence-electron chi connectivity index (χ2n) is 5.08. The lowest BCUT2D eigenvalue weighted by Crippen LogP contribution is -2.33. The highest BCUT2D eigenvalue weighted by molar-refractivity contribution is 7.99. The van der Waals surface area contributed by atoms with Gasteiger partial charge in [-0.25, -0.2) is 4.98 Å². The zero-order chi connectivity index (χ0) is 14.1. The van der Waals surface area contributed by atoms with Gasteiger partial charge in [-0.15, -0.1) is 0 Å². The number of anilines is 1. The fourth-order valence-electron chi connectivity index (χ4n) is 2.64. The minimum Gasteiger partial charge on any atom is -0.375 e. The standard InChI is InChI=1S/C14H17N3OS2/c1-19-10-4-3-9(7-10)16-13(18)8-2-5-11-12(6-8)20-14(15)17-11/h2,5-6,9-10H,3-4,7H2,1H3,(H2,15,17)(H,16,18). The Morgan fingerprint density at radius 2 is 2.35 bits per heavy atom. The number of amides is 1. The highest BCUT2D eigenvalue weighted by Crippen LogP contribution is 2.29. The number of benzene rings is 1. The van der Waals surface area contributed by atoms with Crippen molar-refractivity contribution in [3.63, 3.8) is 0 Å². The number of hydrogen-bond acceptors (Lipinski definition) is 5. The lowest BCUT2D eigenvalue weighted by atomic mass is 10.1. The molecule has 3 N–H and O–H groups in total. The topological polar surface area (TPSA) is 68.0 Å². The van der Waals surface area contributed by atoms with Gasteiger partial charge >= 0.3 is 0 Å². The normalized spacial score (nSPS) is 22.2. The molecule has 0 aliphatic heterocycles. The van der Waals surface area contributed by atoms with Crippen LogP contribution >= 0.6 is 23.1 Å². The number of nitrogens with zero attached hydrogens (tertiary/aromatic N) is 1. The van der Waals surface area contributed by atoms with Crippen LogP contribution in [0.15, 0.2) is 18.2 Å². The van der Waals surface area contributed by atoms with Crippen molar-refractivity contribution in [2.24, 2.45) is 0 Å². The molecule has 1 saturated carbocycles. The third-order valence-corrected chi connectivity index (χ3v) is 5.66. The summed E-state index contributed by atoms with van der Waals surface area (Å²) in [6, 6.07) is 5.86. The van der Waals surface area contributed by atoms with Gasteiger partial charge < -0.3 is 11.1 Å². The summed E-state index contributed by atoms with van der Waals surface area (Å²) < 4.78 is 0.962. The summed E-state index contributed by atoms with van der Waals surface area (Å²) >= 11 is 3.31. The van der Waals surface area contributed by atoms with Crippen LogP contribution in [-0.2, 0) is 0 Å². The predicted molar refractivity (Wildman–Crippen MR) is 86.4 cm³/mol. The summed E-state index contributed by atoms with van der Waals surface area (Å²) in [5.74, 6) is 0.00521. The van der Waals surface area contributed by atoms with Gasteiger partial charge in [0.15, 0.2) is 5.13 Å². The Morgan fingerprint density at radius 1 is 1.50 bits per heavy atom. The Bertz CT molecular complexity index is 640. The van der Waals surface area contributed by atoms with Gasteiger partial charge in [0.1, 0.15) is 0 Å². The quantitative estimate of drug-likeness (QED) is 0.915. The Kier molecular flexibility index (Phi) is 3.85. The molecule has 1 amide bonds. The van der Waals surface area contributed by atoms with Gasteiger partial charge in [-0.3, -0.25) is 4.79 Å². The molecule has 20 heavy (non-hydrogen) atoms. The van der Waals surface area contributed by atoms with Gasteiger partial charge in [-0.05, 0) is 43.7 Å². The molecule has 0 spiro atoms. The third-order valence-electron chi connectivity index (χ3n) is 3.72. The van der Waals surface area contributed by atoms with Crippen molar-refractivity contribution in [1.82, 2.24) is 10.3 Å². The van der Waals surface area contributed by atoms with E-state index in [0.29, 0.717) is 22.0 Å². The summed E-state index contributed by atoms with van der Waals surface area (Å²) in [5.41, 5.74) is 7.23. The van der Waals surface area contributed by atoms with E-state index in [0.717, 1.165) is 23.1 Å². The molecule has 4 nitrogen and oxygen atoms in total. The van der Waals surface area contributed by atoms with Crippen molar-refractivity contribution >= 4 is 44.4 Å². The molecule has 1 aromatic heterocycles. The number of nitrogens with two attached hydrogens (primary N) is 1. The number of nitrogens with one attached hydrogen (secondary N) is 1. The Labute approximate surface area is 126 Å². The van der Waals surface area contributed by atoms with Crippen LogP contribution in [-0.4, -0.2) is 28.4 Å². The second-order valence-corrected chi connectivity index (χ2v) is 7.28. The molecule has 0 bridgehead atoms. The van der Waals surface area contributed by atoms with Gasteiger partial charge in [0.25, 0.3) is 5.91 Å². The average Bonchev–Trinajstić information content (AvgIpc) is 3.02. The molecule has 1 fully saturated rings. The van der Waals surface area contributed by atoms with Crippen LogP contribution in [0.25, 0.3) is 10.2 Å². The number of carbonyl (C=O) groups is 1. The number of thioether (sulfide) groups is 1. The molecule has 2 aromatic rings. The number of nitrogen functional groups attached to an aromatic ring is 1. The molecular weight excluding hydrogens is 290 g/mol. The van der Waals surface area contributed by atoms with Crippen molar-refractivity contribution in [1.29, 1.82) is 0 Å². The Balaban J connectivity index is 1.72. The first kappa shape index (κ1) is 13.7. The van der Waals surface area contributed by atoms with Crippen molar-refractivity contribution < 1.29 is 4.79 Å². The zero-order valence-corrected chi connectivity index (χ0v) is 12.9. The Morgan fingerprint density at radius 3 is 3.10 bits per heavy atom. The molecule has 106 valence electrons. The minimum atomic E-state index is 0.00521. The fraction of sp³-hybridized carbons (Fsp3) is 0.429. The SMILES string of the molecule is CSC1CCC(NC(=O)c2ccc3nc(N)sc3c2)C1. The van der Waals surface area contributed by atoms with Gasteiger partial charge in [0.2, 0.25) is 0 Å². The van der Waals surface area contributed by atoms with Crippen molar-refractivity contribution in [3.8, 4) is 0 Å². The van der Waals surface area contributed by atoms with Gasteiger partial charge in [0, 0.05) is 16.9 Å². The molecule has 1 aliphatic carbocycles. The summed E-state index contributed by atoms with van der Waals surface area (Å²) in [7, 11) is 0. The molecule has 3 rings (SSSR count). The van der Waals surface area contributed by atoms with Crippen LogP contribution in [0.4, 0.5) is 5.13 Å². The summed E-state index contributed by atoms with van der Waals surface area (Å²) in [5, 5.41) is 4.35. The molecule has 2 atom stereocenters. The van der Waals surface area contributed by atoms with Crippen LogP contribution in [0.2, 0.25) is 0 Å². The second kappa shape index (κ2) is 5.61. The first-order chi connectivity index (χ1) is 9.65. The molecule has 2 unspecified atom stereocenters. The molecule has 1 aliphatic rings.